The molecule has 372 valence electrons. The van der Waals surface area contributed by atoms with E-state index < -0.39 is 10.8 Å². The molecule has 0 radical (unpaired) electrons. The predicted molar refractivity (Wildman–Crippen MR) is 294 cm³/mol. The number of hydrogen-bond donors (Lipinski definition) is 2. The molecule has 0 aliphatic heterocycles. The Morgan fingerprint density at radius 2 is 0.806 bits per heavy atom. The second-order valence-electron chi connectivity index (χ2n) is 19.4. The molecule has 4 atom stereocenters. The zero-order chi connectivity index (χ0) is 51.2. The maximum atomic E-state index is 9.88. The summed E-state index contributed by atoms with van der Waals surface area (Å²) < 4.78 is 12.0. The minimum absolute atomic E-state index is 0.00933. The van der Waals surface area contributed by atoms with Crippen molar-refractivity contribution in [3.8, 4) is 23.0 Å². The molecule has 12 heteroatoms. The first-order valence-electron chi connectivity index (χ1n) is 23.0. The Morgan fingerprint density at radius 1 is 0.493 bits per heavy atom. The van der Waals surface area contributed by atoms with Crippen molar-refractivity contribution in [3.05, 3.63) is 136 Å². The van der Waals surface area contributed by atoms with Gasteiger partial charge in [-0.25, -0.2) is 0 Å². The van der Waals surface area contributed by atoms with Crippen molar-refractivity contribution < 1.29 is 19.7 Å². The maximum Gasteiger partial charge on any atom is 0.156 e. The fourth-order valence-corrected chi connectivity index (χ4v) is 9.11. The summed E-state index contributed by atoms with van der Waals surface area (Å²) in [5, 5.41) is 22.3. The molecule has 0 aliphatic carbocycles. The molecule has 0 aliphatic rings. The van der Waals surface area contributed by atoms with Crippen LogP contribution in [0.15, 0.2) is 73.8 Å². The van der Waals surface area contributed by atoms with E-state index in [-0.39, 0.29) is 43.8 Å². The Hall–Kier alpha value is -2.12. The summed E-state index contributed by atoms with van der Waals surface area (Å²) in [5.74, 6) is 2.06. The van der Waals surface area contributed by atoms with Crippen molar-refractivity contribution in [1.29, 1.82) is 0 Å². The van der Waals surface area contributed by atoms with E-state index in [0.717, 1.165) is 54.4 Å². The van der Waals surface area contributed by atoms with Crippen LogP contribution in [0.1, 0.15) is 157 Å². The number of ether oxygens (including phenoxy) is 2. The molecule has 0 heterocycles. The molecule has 0 amide bonds. The van der Waals surface area contributed by atoms with E-state index in [0.29, 0.717) is 48.8 Å². The van der Waals surface area contributed by atoms with Crippen LogP contribution in [0.5, 0.6) is 23.0 Å². The molecule has 4 aromatic rings. The van der Waals surface area contributed by atoms with E-state index >= 15 is 0 Å². The Bertz CT molecular complexity index is 2160. The zero-order valence-electron chi connectivity index (χ0n) is 41.4. The third-order valence-corrected chi connectivity index (χ3v) is 15.2. The summed E-state index contributed by atoms with van der Waals surface area (Å²) in [5.41, 5.74) is 2.97. The van der Waals surface area contributed by atoms with Gasteiger partial charge in [-0.15, -0.1) is 13.2 Å². The number of aromatic hydroxyl groups is 2. The number of allylic oxidation sites excluding steroid dienone is 2. The van der Waals surface area contributed by atoms with Crippen LogP contribution >= 0.6 is 92.8 Å². The van der Waals surface area contributed by atoms with Gasteiger partial charge < -0.3 is 19.7 Å². The lowest BCUT2D eigenvalue weighted by Crippen LogP contribution is -2.20. The summed E-state index contributed by atoms with van der Waals surface area (Å²) in [7, 11) is 0. The number of hydrogen-bond acceptors (Lipinski definition) is 4. The normalized spacial score (nSPS) is 13.6. The lowest BCUT2D eigenvalue weighted by atomic mass is 9.78. The van der Waals surface area contributed by atoms with Gasteiger partial charge in [0.1, 0.15) is 0 Å². The third-order valence-electron chi connectivity index (χ3n) is 13.0. The van der Waals surface area contributed by atoms with E-state index in [2.05, 4.69) is 54.7 Å². The zero-order valence-corrected chi connectivity index (χ0v) is 47.4. The molecule has 4 unspecified atom stereocenters. The van der Waals surface area contributed by atoms with Gasteiger partial charge in [0.2, 0.25) is 0 Å². The second kappa shape index (κ2) is 27.5. The van der Waals surface area contributed by atoms with Gasteiger partial charge in [0, 0.05) is 10.8 Å². The molecular weight excluding hydrogens is 1010 g/mol. The van der Waals surface area contributed by atoms with Gasteiger partial charge in [-0.1, -0.05) is 187 Å². The Labute approximate surface area is 443 Å². The second-order valence-corrected chi connectivity index (χ2v) is 22.6. The fraction of sp³-hybridized carbons (Fsp3) is 0.491. The number of phenolic OH excluding ortho intramolecular Hbond substituents is 2. The summed E-state index contributed by atoms with van der Waals surface area (Å²) in [6, 6.07) is 14.2. The summed E-state index contributed by atoms with van der Waals surface area (Å²) in [6.07, 6.45) is 12.4. The molecule has 0 saturated heterocycles. The molecule has 4 rings (SSSR count). The average molecular weight is 1080 g/mol. The molecule has 4 nitrogen and oxygen atoms in total. The standard InChI is InChI=1S/C25H32Cl4O2.C21H22Cl4O2.C9H18/c1-7-14(2)15(3)8-9-16(4)31-24-21(28)12-18(13-22(24)29)25(5,6)17-10-19(26)23(30)20(27)11-17;1-5-6-7-12(2)27-20-17(24)10-14(11-18(20)25)21(3,4)13-8-15(22)19(26)16(23)9-13;1-5-7-8-9(3,4)6-2/h10-16,30H,7-9H2,1-6H3;5,8-12,26H,1,6-7H2,2-4H3;5H,1,6-8H2,2-4H3. The van der Waals surface area contributed by atoms with Crippen molar-refractivity contribution in [2.24, 2.45) is 17.3 Å². The minimum Gasteiger partial charge on any atom is -0.505 e. The number of benzene rings is 4. The molecule has 0 spiro atoms. The summed E-state index contributed by atoms with van der Waals surface area (Å²) in [4.78, 5) is 0. The third kappa shape index (κ3) is 17.9. The molecular formula is C55H72Cl8O4. The van der Waals surface area contributed by atoms with Crippen LogP contribution in [0.4, 0.5) is 0 Å². The Kier molecular flexibility index (Phi) is 25.0. The monoisotopic (exact) mass is 1080 g/mol. The first-order valence-corrected chi connectivity index (χ1v) is 26.0. The van der Waals surface area contributed by atoms with Crippen LogP contribution in [0.3, 0.4) is 0 Å². The lowest BCUT2D eigenvalue weighted by molar-refractivity contribution is 0.191. The van der Waals surface area contributed by atoms with Crippen LogP contribution < -0.4 is 9.47 Å². The Morgan fingerprint density at radius 3 is 1.10 bits per heavy atom. The predicted octanol–water partition coefficient (Wildman–Crippen LogP) is 21.0. The van der Waals surface area contributed by atoms with Crippen molar-refractivity contribution in [2.45, 2.75) is 157 Å². The molecule has 0 saturated carbocycles. The largest absolute Gasteiger partial charge is 0.505 e. The first-order chi connectivity index (χ1) is 31.1. The van der Waals surface area contributed by atoms with Gasteiger partial charge in [0.15, 0.2) is 23.0 Å². The van der Waals surface area contributed by atoms with Crippen LogP contribution in [-0.4, -0.2) is 22.4 Å². The van der Waals surface area contributed by atoms with E-state index in [9.17, 15) is 10.2 Å². The average Bonchev–Trinajstić information content (AvgIpc) is 3.27. The molecule has 0 bridgehead atoms. The number of halogens is 8. The van der Waals surface area contributed by atoms with Crippen molar-refractivity contribution in [2.75, 3.05) is 0 Å². The molecule has 4 aromatic carbocycles. The molecule has 0 aromatic heterocycles. The summed E-state index contributed by atoms with van der Waals surface area (Å²) >= 11 is 50.6. The van der Waals surface area contributed by atoms with Crippen LogP contribution in [0.2, 0.25) is 40.2 Å². The van der Waals surface area contributed by atoms with E-state index in [1.54, 1.807) is 24.3 Å². The highest BCUT2D eigenvalue weighted by molar-refractivity contribution is 6.39. The van der Waals surface area contributed by atoms with E-state index in [1.807, 2.05) is 78.0 Å². The number of rotatable bonds is 20. The van der Waals surface area contributed by atoms with Gasteiger partial charge in [-0.3, -0.25) is 0 Å². The first kappa shape index (κ1) is 61.0. The minimum atomic E-state index is -0.499. The molecule has 67 heavy (non-hydrogen) atoms. The van der Waals surface area contributed by atoms with Gasteiger partial charge in [-0.2, -0.15) is 0 Å². The number of phenols is 2. The van der Waals surface area contributed by atoms with Crippen LogP contribution in [0, 0.1) is 17.3 Å². The van der Waals surface area contributed by atoms with E-state index in [4.69, 9.17) is 102 Å². The van der Waals surface area contributed by atoms with Gasteiger partial charge in [-0.05, 0) is 140 Å². The highest BCUT2D eigenvalue weighted by Gasteiger charge is 2.29. The SMILES string of the molecule is C=CCCC(C)(C)CC.C=CCCC(C)Oc1c(Cl)cc(C(C)(C)c2cc(Cl)c(O)c(Cl)c2)cc1Cl.CCC(C)C(C)CCC(C)Oc1c(Cl)cc(C(C)(C)c2cc(Cl)c(O)c(Cl)c2)cc1Cl. The van der Waals surface area contributed by atoms with Gasteiger partial charge in [0.25, 0.3) is 0 Å². The highest BCUT2D eigenvalue weighted by atomic mass is 35.5. The smallest absolute Gasteiger partial charge is 0.156 e. The maximum absolute atomic E-state index is 9.88. The fourth-order valence-electron chi connectivity index (χ4n) is 6.98. The lowest BCUT2D eigenvalue weighted by Gasteiger charge is -2.28. The summed E-state index contributed by atoms with van der Waals surface area (Å²) in [6.45, 7) is 33.1. The quantitative estimate of drug-likeness (QED) is 0.0866. The van der Waals surface area contributed by atoms with Crippen molar-refractivity contribution >= 4 is 92.8 Å². The van der Waals surface area contributed by atoms with E-state index in [1.165, 1.54) is 19.3 Å². The van der Waals surface area contributed by atoms with Gasteiger partial charge >= 0.3 is 0 Å². The van der Waals surface area contributed by atoms with Crippen LogP contribution in [0.25, 0.3) is 0 Å². The Balaban J connectivity index is 0.000000391. The van der Waals surface area contributed by atoms with Crippen molar-refractivity contribution in [3.63, 3.8) is 0 Å². The molecule has 2 N–H and O–H groups in total. The van der Waals surface area contributed by atoms with Gasteiger partial charge in [0.05, 0.1) is 52.4 Å². The van der Waals surface area contributed by atoms with Crippen LogP contribution in [-0.2, 0) is 10.8 Å². The topological polar surface area (TPSA) is 58.9 Å². The van der Waals surface area contributed by atoms with Crippen molar-refractivity contribution in [1.82, 2.24) is 0 Å². The molecule has 0 fully saturated rings. The highest BCUT2D eigenvalue weighted by Crippen LogP contribution is 2.46.